The number of aromatic nitrogens is 1. The van der Waals surface area contributed by atoms with Gasteiger partial charge in [-0.3, -0.25) is 9.98 Å². The second-order valence-electron chi connectivity index (χ2n) is 3.41. The van der Waals surface area contributed by atoms with E-state index in [1.807, 2.05) is 30.3 Å². The van der Waals surface area contributed by atoms with Gasteiger partial charge in [-0.25, -0.2) is 0 Å². The average Bonchev–Trinajstić information content (AvgIpc) is 2.35. The molecule has 0 fully saturated rings. The van der Waals surface area contributed by atoms with Crippen LogP contribution in [0.3, 0.4) is 0 Å². The van der Waals surface area contributed by atoms with Crippen molar-refractivity contribution in [3.63, 3.8) is 0 Å². The predicted molar refractivity (Wildman–Crippen MR) is 68.3 cm³/mol. The summed E-state index contributed by atoms with van der Waals surface area (Å²) in [6.07, 6.45) is 1.78. The summed E-state index contributed by atoms with van der Waals surface area (Å²) in [6.45, 7) is 7.88. The summed E-state index contributed by atoms with van der Waals surface area (Å²) in [7, 11) is 0. The fraction of sp³-hybridized carbons (Fsp3) is 0.0769. The third kappa shape index (κ3) is 1.93. The van der Waals surface area contributed by atoms with Gasteiger partial charge in [-0.1, -0.05) is 24.8 Å². The Morgan fingerprint density at radius 2 is 2.12 bits per heavy atom. The first-order valence-corrected chi connectivity index (χ1v) is 5.02. The van der Waals surface area contributed by atoms with E-state index in [0.29, 0.717) is 6.67 Å². The molecule has 1 heterocycles. The Kier molecular flexibility index (Phi) is 2.96. The number of hydrogen-bond acceptors (Lipinski definition) is 3. The van der Waals surface area contributed by atoms with Crippen molar-refractivity contribution in [3.8, 4) is 0 Å². The van der Waals surface area contributed by atoms with Crippen LogP contribution in [0.5, 0.6) is 0 Å². The van der Waals surface area contributed by atoms with Crippen molar-refractivity contribution >= 4 is 23.3 Å². The molecule has 1 N–H and O–H groups in total. The van der Waals surface area contributed by atoms with Crippen molar-refractivity contribution in [1.82, 2.24) is 10.3 Å². The van der Waals surface area contributed by atoms with E-state index in [-0.39, 0.29) is 0 Å². The Morgan fingerprint density at radius 1 is 1.31 bits per heavy atom. The van der Waals surface area contributed by atoms with Crippen LogP contribution < -0.4 is 5.32 Å². The summed E-state index contributed by atoms with van der Waals surface area (Å²) in [5.41, 5.74) is 2.86. The lowest BCUT2D eigenvalue weighted by Crippen LogP contribution is -2.11. The Morgan fingerprint density at radius 3 is 2.94 bits per heavy atom. The van der Waals surface area contributed by atoms with E-state index < -0.39 is 0 Å². The maximum atomic E-state index is 4.30. The Balaban J connectivity index is 2.44. The van der Waals surface area contributed by atoms with Gasteiger partial charge in [-0.15, -0.1) is 0 Å². The fourth-order valence-electron chi connectivity index (χ4n) is 1.61. The number of pyridine rings is 1. The van der Waals surface area contributed by atoms with Gasteiger partial charge in [0.25, 0.3) is 0 Å². The zero-order valence-electron chi connectivity index (χ0n) is 8.98. The van der Waals surface area contributed by atoms with Crippen LogP contribution in [-0.2, 0) is 0 Å². The van der Waals surface area contributed by atoms with Crippen molar-refractivity contribution in [2.75, 3.05) is 6.67 Å². The molecule has 0 unspecified atom stereocenters. The number of rotatable bonds is 4. The summed E-state index contributed by atoms with van der Waals surface area (Å²) in [4.78, 5) is 8.04. The first-order valence-electron chi connectivity index (χ1n) is 5.02. The molecule has 2 aromatic rings. The molecule has 0 aliphatic heterocycles. The molecule has 0 atom stereocenters. The topological polar surface area (TPSA) is 37.3 Å². The maximum Gasteiger partial charge on any atom is 0.107 e. The van der Waals surface area contributed by atoms with Gasteiger partial charge in [0.15, 0.2) is 0 Å². The maximum absolute atomic E-state index is 4.30. The number of para-hydroxylation sites is 1. The lowest BCUT2D eigenvalue weighted by Gasteiger charge is -2.09. The minimum absolute atomic E-state index is 0.468. The molecular formula is C13H13N3. The van der Waals surface area contributed by atoms with Crippen molar-refractivity contribution in [3.05, 3.63) is 48.7 Å². The summed E-state index contributed by atoms with van der Waals surface area (Å²) in [5, 5.41) is 4.18. The van der Waals surface area contributed by atoms with Gasteiger partial charge in [0, 0.05) is 22.8 Å². The van der Waals surface area contributed by atoms with Crippen LogP contribution in [0.4, 0.5) is 0 Å². The lowest BCUT2D eigenvalue weighted by atomic mass is 10.1. The standard InChI is InChI=1S/C13H13N3/c1-10(16-9-14-2)11-7-8-15-13-6-4-3-5-12(11)13/h3-8,16H,1-2,9H2. The minimum Gasteiger partial charge on any atom is -0.366 e. The summed E-state index contributed by atoms with van der Waals surface area (Å²) >= 11 is 0. The van der Waals surface area contributed by atoms with Crippen LogP contribution in [0.15, 0.2) is 48.1 Å². The highest BCUT2D eigenvalue weighted by molar-refractivity contribution is 5.90. The molecule has 1 aromatic heterocycles. The number of fused-ring (bicyclic) bond motifs is 1. The third-order valence-corrected chi connectivity index (χ3v) is 2.38. The van der Waals surface area contributed by atoms with Crippen molar-refractivity contribution < 1.29 is 0 Å². The Labute approximate surface area is 94.5 Å². The molecule has 0 radical (unpaired) electrons. The molecule has 80 valence electrons. The second-order valence-corrected chi connectivity index (χ2v) is 3.41. The second kappa shape index (κ2) is 4.57. The van der Waals surface area contributed by atoms with Crippen LogP contribution >= 0.6 is 0 Å². The zero-order chi connectivity index (χ0) is 11.4. The molecular weight excluding hydrogens is 198 g/mol. The Hall–Kier alpha value is -2.16. The van der Waals surface area contributed by atoms with Gasteiger partial charge in [0.2, 0.25) is 0 Å². The summed E-state index contributed by atoms with van der Waals surface area (Å²) in [5.74, 6) is 0. The molecule has 0 amide bonds. The van der Waals surface area contributed by atoms with E-state index in [4.69, 9.17) is 0 Å². The Bertz CT molecular complexity index is 526. The molecule has 3 nitrogen and oxygen atoms in total. The van der Waals surface area contributed by atoms with Crippen LogP contribution in [-0.4, -0.2) is 18.4 Å². The fourth-order valence-corrected chi connectivity index (χ4v) is 1.61. The van der Waals surface area contributed by atoms with Gasteiger partial charge >= 0.3 is 0 Å². The van der Waals surface area contributed by atoms with Gasteiger partial charge < -0.3 is 5.32 Å². The van der Waals surface area contributed by atoms with E-state index in [2.05, 4.69) is 28.6 Å². The normalized spacial score (nSPS) is 10.0. The minimum atomic E-state index is 0.468. The van der Waals surface area contributed by atoms with Crippen LogP contribution in [0.1, 0.15) is 5.56 Å². The lowest BCUT2D eigenvalue weighted by molar-refractivity contribution is 0.913. The molecule has 0 bridgehead atoms. The van der Waals surface area contributed by atoms with Crippen molar-refractivity contribution in [2.45, 2.75) is 0 Å². The highest BCUT2D eigenvalue weighted by Gasteiger charge is 2.03. The average molecular weight is 211 g/mol. The molecule has 2 rings (SSSR count). The largest absolute Gasteiger partial charge is 0.366 e. The molecule has 0 saturated heterocycles. The van der Waals surface area contributed by atoms with E-state index in [9.17, 15) is 0 Å². The molecule has 0 aliphatic carbocycles. The molecule has 1 aromatic carbocycles. The van der Waals surface area contributed by atoms with Gasteiger partial charge in [-0.2, -0.15) is 0 Å². The predicted octanol–water partition coefficient (Wildman–Crippen LogP) is 2.45. The van der Waals surface area contributed by atoms with Gasteiger partial charge in [0.05, 0.1) is 5.52 Å². The van der Waals surface area contributed by atoms with E-state index in [1.165, 1.54) is 0 Å². The van der Waals surface area contributed by atoms with Crippen LogP contribution in [0.25, 0.3) is 16.6 Å². The number of benzene rings is 1. The molecule has 0 spiro atoms. The number of nitrogens with one attached hydrogen (secondary N) is 1. The molecule has 0 saturated carbocycles. The molecule has 0 aliphatic rings. The quantitative estimate of drug-likeness (QED) is 0.789. The number of hydrogen-bond donors (Lipinski definition) is 1. The van der Waals surface area contributed by atoms with E-state index in [1.54, 1.807) is 6.20 Å². The third-order valence-electron chi connectivity index (χ3n) is 2.38. The van der Waals surface area contributed by atoms with Crippen molar-refractivity contribution in [2.24, 2.45) is 4.99 Å². The highest BCUT2D eigenvalue weighted by Crippen LogP contribution is 2.20. The van der Waals surface area contributed by atoms with Crippen molar-refractivity contribution in [1.29, 1.82) is 0 Å². The molecule has 3 heteroatoms. The number of aliphatic imine (C=N–C) groups is 1. The van der Waals surface area contributed by atoms with E-state index >= 15 is 0 Å². The van der Waals surface area contributed by atoms with Gasteiger partial charge in [-0.05, 0) is 18.9 Å². The SMILES string of the molecule is C=NCNC(=C)c1ccnc2ccccc12. The number of nitrogens with zero attached hydrogens (tertiary/aromatic N) is 2. The van der Waals surface area contributed by atoms with Crippen LogP contribution in [0.2, 0.25) is 0 Å². The van der Waals surface area contributed by atoms with Crippen LogP contribution in [0, 0.1) is 0 Å². The highest BCUT2D eigenvalue weighted by atomic mass is 15.0. The summed E-state index contributed by atoms with van der Waals surface area (Å²) in [6, 6.07) is 9.93. The van der Waals surface area contributed by atoms with Gasteiger partial charge in [0.1, 0.15) is 6.67 Å². The smallest absolute Gasteiger partial charge is 0.107 e. The first kappa shape index (κ1) is 10.4. The molecule has 16 heavy (non-hydrogen) atoms. The monoisotopic (exact) mass is 211 g/mol. The first-order chi connectivity index (χ1) is 7.83. The van der Waals surface area contributed by atoms with E-state index in [0.717, 1.165) is 22.2 Å². The zero-order valence-corrected chi connectivity index (χ0v) is 8.98. The summed E-state index contributed by atoms with van der Waals surface area (Å²) < 4.78 is 0.